The van der Waals surface area contributed by atoms with Crippen LogP contribution in [0.25, 0.3) is 0 Å². The molecular weight excluding hydrogens is 310 g/mol. The number of benzene rings is 2. The second kappa shape index (κ2) is 6.36. The van der Waals surface area contributed by atoms with Crippen LogP contribution < -0.4 is 10.6 Å². The molecule has 0 unspecified atom stereocenters. The van der Waals surface area contributed by atoms with Gasteiger partial charge >= 0.3 is 0 Å². The van der Waals surface area contributed by atoms with Crippen LogP contribution in [0.5, 0.6) is 0 Å². The number of hydrogen-bond donors (Lipinski definition) is 1. The SMILES string of the molecule is CC1CCN(c2ccc(C3=NCC(=O)c4ccccc43)cc2N)CC1. The average Bonchev–Trinajstić information content (AvgIpc) is 2.63. The Morgan fingerprint density at radius 3 is 2.52 bits per heavy atom. The van der Waals surface area contributed by atoms with E-state index in [4.69, 9.17) is 5.73 Å². The van der Waals surface area contributed by atoms with Crippen LogP contribution in [0.4, 0.5) is 11.4 Å². The molecule has 128 valence electrons. The van der Waals surface area contributed by atoms with Crippen molar-refractivity contribution in [2.24, 2.45) is 10.9 Å². The minimum Gasteiger partial charge on any atom is -0.397 e. The van der Waals surface area contributed by atoms with Gasteiger partial charge in [-0.05, 0) is 30.9 Å². The second-order valence-electron chi connectivity index (χ2n) is 7.08. The Balaban J connectivity index is 1.66. The highest BCUT2D eigenvalue weighted by Crippen LogP contribution is 2.30. The van der Waals surface area contributed by atoms with Crippen molar-refractivity contribution in [2.75, 3.05) is 30.3 Å². The fraction of sp³-hybridized carbons (Fsp3) is 0.333. The van der Waals surface area contributed by atoms with Crippen molar-refractivity contribution < 1.29 is 4.79 Å². The molecule has 1 fully saturated rings. The maximum absolute atomic E-state index is 12.1. The van der Waals surface area contributed by atoms with Crippen molar-refractivity contribution in [3.63, 3.8) is 0 Å². The molecule has 25 heavy (non-hydrogen) atoms. The number of nitrogens with two attached hydrogens (primary N) is 1. The third kappa shape index (κ3) is 2.93. The van der Waals surface area contributed by atoms with Crippen molar-refractivity contribution in [1.82, 2.24) is 0 Å². The van der Waals surface area contributed by atoms with E-state index in [1.165, 1.54) is 12.8 Å². The normalized spacial score (nSPS) is 18.0. The lowest BCUT2D eigenvalue weighted by Crippen LogP contribution is -2.33. The van der Waals surface area contributed by atoms with Gasteiger partial charge < -0.3 is 10.6 Å². The number of carbonyl (C=O) groups is 1. The van der Waals surface area contributed by atoms with Crippen LogP contribution in [0.3, 0.4) is 0 Å². The van der Waals surface area contributed by atoms with Crippen LogP contribution in [0.1, 0.15) is 41.3 Å². The van der Waals surface area contributed by atoms with Gasteiger partial charge in [-0.1, -0.05) is 37.3 Å². The van der Waals surface area contributed by atoms with E-state index < -0.39 is 0 Å². The second-order valence-corrected chi connectivity index (χ2v) is 7.08. The van der Waals surface area contributed by atoms with E-state index in [-0.39, 0.29) is 12.3 Å². The number of anilines is 2. The summed E-state index contributed by atoms with van der Waals surface area (Å²) >= 11 is 0. The quantitative estimate of drug-likeness (QED) is 0.855. The van der Waals surface area contributed by atoms with Gasteiger partial charge in [-0.3, -0.25) is 9.79 Å². The molecule has 2 N–H and O–H groups in total. The molecule has 0 saturated carbocycles. The van der Waals surface area contributed by atoms with Gasteiger partial charge in [0.15, 0.2) is 5.78 Å². The molecule has 0 bridgehead atoms. The summed E-state index contributed by atoms with van der Waals surface area (Å²) in [6, 6.07) is 13.9. The number of hydrogen-bond acceptors (Lipinski definition) is 4. The molecule has 4 rings (SSSR count). The molecule has 0 atom stereocenters. The third-order valence-electron chi connectivity index (χ3n) is 5.29. The van der Waals surface area contributed by atoms with Gasteiger partial charge in [-0.25, -0.2) is 0 Å². The summed E-state index contributed by atoms with van der Waals surface area (Å²) in [6.07, 6.45) is 2.42. The molecule has 1 saturated heterocycles. The van der Waals surface area contributed by atoms with Crippen molar-refractivity contribution in [3.05, 3.63) is 59.2 Å². The summed E-state index contributed by atoms with van der Waals surface area (Å²) in [5.74, 6) is 0.869. The molecule has 0 radical (unpaired) electrons. The van der Waals surface area contributed by atoms with Crippen LogP contribution in [-0.4, -0.2) is 31.1 Å². The van der Waals surface area contributed by atoms with E-state index in [2.05, 4.69) is 28.9 Å². The van der Waals surface area contributed by atoms with Gasteiger partial charge in [0.05, 0.1) is 17.1 Å². The molecule has 0 aromatic heterocycles. The van der Waals surface area contributed by atoms with Crippen LogP contribution in [0, 0.1) is 5.92 Å². The Morgan fingerprint density at radius 2 is 1.80 bits per heavy atom. The highest BCUT2D eigenvalue weighted by molar-refractivity contribution is 6.22. The van der Waals surface area contributed by atoms with Gasteiger partial charge in [0.25, 0.3) is 0 Å². The van der Waals surface area contributed by atoms with Gasteiger partial charge in [0.1, 0.15) is 6.54 Å². The van der Waals surface area contributed by atoms with E-state index in [9.17, 15) is 4.79 Å². The van der Waals surface area contributed by atoms with E-state index in [1.807, 2.05) is 30.3 Å². The highest BCUT2D eigenvalue weighted by atomic mass is 16.1. The minimum absolute atomic E-state index is 0.0754. The monoisotopic (exact) mass is 333 g/mol. The summed E-state index contributed by atoms with van der Waals surface area (Å²) in [7, 11) is 0. The first kappa shape index (κ1) is 15.9. The number of fused-ring (bicyclic) bond motifs is 1. The zero-order valence-corrected chi connectivity index (χ0v) is 14.5. The summed E-state index contributed by atoms with van der Waals surface area (Å²) in [4.78, 5) is 19.0. The number of ketones is 1. The molecule has 2 aromatic carbocycles. The van der Waals surface area contributed by atoms with Crippen molar-refractivity contribution in [1.29, 1.82) is 0 Å². The highest BCUT2D eigenvalue weighted by Gasteiger charge is 2.22. The van der Waals surface area contributed by atoms with E-state index in [0.29, 0.717) is 0 Å². The maximum Gasteiger partial charge on any atom is 0.184 e. The molecule has 2 aliphatic rings. The summed E-state index contributed by atoms with van der Waals surface area (Å²) in [6.45, 7) is 4.63. The van der Waals surface area contributed by atoms with Crippen molar-refractivity contribution in [3.8, 4) is 0 Å². The number of rotatable bonds is 2. The number of nitrogen functional groups attached to an aromatic ring is 1. The van der Waals surface area contributed by atoms with Gasteiger partial charge in [-0.15, -0.1) is 0 Å². The lowest BCUT2D eigenvalue weighted by Gasteiger charge is -2.33. The Labute approximate surface area is 148 Å². The first-order valence-corrected chi connectivity index (χ1v) is 8.95. The fourth-order valence-electron chi connectivity index (χ4n) is 3.74. The molecule has 0 amide bonds. The van der Waals surface area contributed by atoms with Gasteiger partial charge in [-0.2, -0.15) is 0 Å². The molecule has 2 aromatic rings. The van der Waals surface area contributed by atoms with Crippen molar-refractivity contribution in [2.45, 2.75) is 19.8 Å². The van der Waals surface area contributed by atoms with E-state index in [1.54, 1.807) is 0 Å². The predicted molar refractivity (Wildman–Crippen MR) is 103 cm³/mol. The summed E-state index contributed by atoms with van der Waals surface area (Å²) in [5, 5.41) is 0. The molecule has 0 spiro atoms. The summed E-state index contributed by atoms with van der Waals surface area (Å²) < 4.78 is 0. The average molecular weight is 333 g/mol. The van der Waals surface area contributed by atoms with E-state index >= 15 is 0 Å². The van der Waals surface area contributed by atoms with Crippen molar-refractivity contribution >= 4 is 22.9 Å². The fourth-order valence-corrected chi connectivity index (χ4v) is 3.74. The Bertz CT molecular complexity index is 848. The molecule has 0 aliphatic carbocycles. The van der Waals surface area contributed by atoms with Gasteiger partial charge in [0.2, 0.25) is 0 Å². The predicted octanol–water partition coefficient (Wildman–Crippen LogP) is 3.54. The maximum atomic E-state index is 12.1. The minimum atomic E-state index is 0.0754. The Hall–Kier alpha value is -2.62. The zero-order chi connectivity index (χ0) is 17.4. The molecule has 2 aliphatic heterocycles. The van der Waals surface area contributed by atoms with Crippen LogP contribution in [0.2, 0.25) is 0 Å². The molecule has 2 heterocycles. The topological polar surface area (TPSA) is 58.7 Å². The zero-order valence-electron chi connectivity index (χ0n) is 14.5. The number of aliphatic imine (C=N–C) groups is 1. The van der Waals surface area contributed by atoms with Crippen LogP contribution in [-0.2, 0) is 0 Å². The molecule has 4 nitrogen and oxygen atoms in total. The first-order valence-electron chi connectivity index (χ1n) is 8.95. The van der Waals surface area contributed by atoms with Gasteiger partial charge in [0, 0.05) is 29.8 Å². The lowest BCUT2D eigenvalue weighted by molar-refractivity contribution is 0.1000. The number of Topliss-reactive ketones (excluding diaryl/α,β-unsaturated/α-hetero) is 1. The number of carbonyl (C=O) groups excluding carboxylic acids is 1. The van der Waals surface area contributed by atoms with E-state index in [0.717, 1.165) is 52.8 Å². The molecule has 4 heteroatoms. The summed E-state index contributed by atoms with van der Waals surface area (Å²) in [5.41, 5.74) is 11.8. The smallest absolute Gasteiger partial charge is 0.184 e. The molecular formula is C21H23N3O. The Morgan fingerprint density at radius 1 is 1.08 bits per heavy atom. The first-order chi connectivity index (χ1) is 12.1. The number of nitrogens with zero attached hydrogens (tertiary/aromatic N) is 2. The lowest BCUT2D eigenvalue weighted by atomic mass is 9.92. The third-order valence-corrected chi connectivity index (χ3v) is 5.29. The van der Waals surface area contributed by atoms with Crippen LogP contribution >= 0.6 is 0 Å². The van der Waals surface area contributed by atoms with Crippen LogP contribution in [0.15, 0.2) is 47.5 Å². The standard InChI is InChI=1S/C21H23N3O/c1-14-8-10-24(11-9-14)19-7-6-15(12-18(19)22)21-17-5-3-2-4-16(17)20(25)13-23-21/h2-7,12,14H,8-11,13,22H2,1H3. The largest absolute Gasteiger partial charge is 0.397 e. The Kier molecular flexibility index (Phi) is 4.04. The number of piperidine rings is 1.